The van der Waals surface area contributed by atoms with Crippen LogP contribution in [-0.4, -0.2) is 24.5 Å². The molecule has 0 saturated heterocycles. The lowest BCUT2D eigenvalue weighted by atomic mass is 10.2. The number of carbonyl (C=O) groups is 1. The Hall–Kier alpha value is -3.09. The summed E-state index contributed by atoms with van der Waals surface area (Å²) in [6, 6.07) is 13.0. The summed E-state index contributed by atoms with van der Waals surface area (Å²) in [6.07, 6.45) is 0. The van der Waals surface area contributed by atoms with E-state index in [2.05, 4.69) is 5.32 Å². The topological polar surface area (TPSA) is 90.7 Å². The second kappa shape index (κ2) is 7.07. The molecule has 0 fully saturated rings. The van der Waals surface area contributed by atoms with Gasteiger partial charge in [-0.1, -0.05) is 18.2 Å². The van der Waals surface area contributed by atoms with Crippen molar-refractivity contribution in [2.75, 3.05) is 19.0 Å². The molecule has 0 aliphatic heterocycles. The summed E-state index contributed by atoms with van der Waals surface area (Å²) in [5.41, 5.74) is -0.153. The van der Waals surface area contributed by atoms with Crippen molar-refractivity contribution in [3.63, 3.8) is 0 Å². The van der Waals surface area contributed by atoms with Gasteiger partial charge in [0.05, 0.1) is 18.1 Å². The monoisotopic (exact) mass is 302 g/mol. The number of carbonyl (C=O) groups excluding carboxylic acids is 1. The molecule has 2 aromatic rings. The number of hydrogen-bond acceptors (Lipinski definition) is 5. The maximum Gasteiger partial charge on any atom is 0.296 e. The first-order chi connectivity index (χ1) is 10.6. The van der Waals surface area contributed by atoms with Gasteiger partial charge in [-0.3, -0.25) is 14.9 Å². The highest BCUT2D eigenvalue weighted by molar-refractivity contribution is 5.94. The third kappa shape index (κ3) is 3.95. The van der Waals surface area contributed by atoms with Crippen molar-refractivity contribution >= 4 is 17.3 Å². The van der Waals surface area contributed by atoms with Gasteiger partial charge in [-0.15, -0.1) is 0 Å². The fourth-order valence-electron chi connectivity index (χ4n) is 1.75. The first kappa shape index (κ1) is 15.3. The second-order valence-electron chi connectivity index (χ2n) is 4.29. The molecule has 0 aromatic heterocycles. The number of benzene rings is 2. The predicted molar refractivity (Wildman–Crippen MR) is 80.2 cm³/mol. The van der Waals surface area contributed by atoms with Gasteiger partial charge in [-0.2, -0.15) is 0 Å². The molecule has 0 unspecified atom stereocenters. The minimum atomic E-state index is -0.587. The van der Waals surface area contributed by atoms with E-state index in [0.29, 0.717) is 11.5 Å². The van der Waals surface area contributed by atoms with Gasteiger partial charge in [0.15, 0.2) is 6.61 Å². The number of rotatable bonds is 6. The molecule has 0 aliphatic carbocycles. The van der Waals surface area contributed by atoms with Crippen molar-refractivity contribution in [1.29, 1.82) is 0 Å². The van der Waals surface area contributed by atoms with E-state index in [1.165, 1.54) is 25.3 Å². The van der Waals surface area contributed by atoms with E-state index < -0.39 is 10.8 Å². The quantitative estimate of drug-likeness (QED) is 0.654. The number of ether oxygens (including phenoxy) is 2. The van der Waals surface area contributed by atoms with Crippen molar-refractivity contribution in [2.45, 2.75) is 0 Å². The summed E-state index contributed by atoms with van der Waals surface area (Å²) in [6.45, 7) is -0.243. The average molecular weight is 302 g/mol. The summed E-state index contributed by atoms with van der Waals surface area (Å²) in [4.78, 5) is 22.3. The SMILES string of the molecule is COc1ccc(NC(=O)COc2ccccc2)c([N+](=O)[O-])c1. The Morgan fingerprint density at radius 1 is 1.18 bits per heavy atom. The molecule has 7 nitrogen and oxygen atoms in total. The fraction of sp³-hybridized carbons (Fsp3) is 0.133. The van der Waals surface area contributed by atoms with E-state index >= 15 is 0 Å². The highest BCUT2D eigenvalue weighted by Crippen LogP contribution is 2.28. The Bertz CT molecular complexity index is 673. The molecule has 22 heavy (non-hydrogen) atoms. The number of nitro benzene ring substituents is 1. The highest BCUT2D eigenvalue weighted by atomic mass is 16.6. The maximum atomic E-state index is 11.8. The number of methoxy groups -OCH3 is 1. The number of amides is 1. The Morgan fingerprint density at radius 3 is 2.55 bits per heavy atom. The lowest BCUT2D eigenvalue weighted by Crippen LogP contribution is -2.20. The molecule has 0 bridgehead atoms. The molecule has 0 saturated carbocycles. The van der Waals surface area contributed by atoms with Crippen LogP contribution in [0.5, 0.6) is 11.5 Å². The summed E-state index contributed by atoms with van der Waals surface area (Å²) < 4.78 is 10.2. The summed E-state index contributed by atoms with van der Waals surface area (Å²) in [5, 5.41) is 13.5. The van der Waals surface area contributed by atoms with Gasteiger partial charge in [-0.25, -0.2) is 0 Å². The van der Waals surface area contributed by atoms with E-state index in [0.717, 1.165) is 0 Å². The molecule has 2 rings (SSSR count). The van der Waals surface area contributed by atoms with Gasteiger partial charge in [0.1, 0.15) is 17.2 Å². The molecule has 0 aliphatic rings. The van der Waals surface area contributed by atoms with Gasteiger partial charge in [0.2, 0.25) is 0 Å². The molecule has 1 N–H and O–H groups in total. The molecule has 0 heterocycles. The third-order valence-corrected chi connectivity index (χ3v) is 2.79. The molecule has 0 radical (unpaired) electrons. The smallest absolute Gasteiger partial charge is 0.296 e. The van der Waals surface area contributed by atoms with Crippen LogP contribution in [0.15, 0.2) is 48.5 Å². The lowest BCUT2D eigenvalue weighted by molar-refractivity contribution is -0.384. The number of para-hydroxylation sites is 1. The number of anilines is 1. The van der Waals surface area contributed by atoms with Gasteiger partial charge >= 0.3 is 0 Å². The summed E-state index contributed by atoms with van der Waals surface area (Å²) >= 11 is 0. The van der Waals surface area contributed by atoms with Crippen molar-refractivity contribution in [1.82, 2.24) is 0 Å². The largest absolute Gasteiger partial charge is 0.496 e. The van der Waals surface area contributed by atoms with Gasteiger partial charge in [0, 0.05) is 0 Å². The van der Waals surface area contributed by atoms with Crippen molar-refractivity contribution in [2.24, 2.45) is 0 Å². The average Bonchev–Trinajstić information content (AvgIpc) is 2.54. The molecular formula is C15H14N2O5. The van der Waals surface area contributed by atoms with Crippen LogP contribution in [0.2, 0.25) is 0 Å². The van der Waals surface area contributed by atoms with E-state index in [-0.39, 0.29) is 18.0 Å². The minimum Gasteiger partial charge on any atom is -0.496 e. The molecule has 0 spiro atoms. The van der Waals surface area contributed by atoms with Crippen molar-refractivity contribution < 1.29 is 19.2 Å². The lowest BCUT2D eigenvalue weighted by Gasteiger charge is -2.08. The van der Waals surface area contributed by atoms with E-state index in [1.807, 2.05) is 6.07 Å². The van der Waals surface area contributed by atoms with Crippen LogP contribution in [0.1, 0.15) is 0 Å². The Kier molecular flexibility index (Phi) is 4.92. The van der Waals surface area contributed by atoms with Crippen LogP contribution >= 0.6 is 0 Å². The van der Waals surface area contributed by atoms with Crippen LogP contribution in [0, 0.1) is 10.1 Å². The van der Waals surface area contributed by atoms with E-state index in [4.69, 9.17) is 9.47 Å². The minimum absolute atomic E-state index is 0.0902. The number of nitro groups is 1. The number of hydrogen-bond donors (Lipinski definition) is 1. The van der Waals surface area contributed by atoms with Gasteiger partial charge in [0.25, 0.3) is 11.6 Å². The Balaban J connectivity index is 2.03. The molecular weight excluding hydrogens is 288 g/mol. The van der Waals surface area contributed by atoms with Gasteiger partial charge in [-0.05, 0) is 24.3 Å². The van der Waals surface area contributed by atoms with E-state index in [1.54, 1.807) is 24.3 Å². The normalized spacial score (nSPS) is 9.86. The molecule has 114 valence electrons. The zero-order valence-corrected chi connectivity index (χ0v) is 11.8. The molecule has 7 heteroatoms. The summed E-state index contributed by atoms with van der Waals surface area (Å²) in [5.74, 6) is 0.393. The molecule has 1 amide bonds. The number of nitrogens with one attached hydrogen (secondary N) is 1. The Morgan fingerprint density at radius 2 is 1.91 bits per heavy atom. The third-order valence-electron chi connectivity index (χ3n) is 2.79. The van der Waals surface area contributed by atoms with E-state index in [9.17, 15) is 14.9 Å². The zero-order chi connectivity index (χ0) is 15.9. The molecule has 2 aromatic carbocycles. The zero-order valence-electron chi connectivity index (χ0n) is 11.8. The first-order valence-corrected chi connectivity index (χ1v) is 6.40. The van der Waals surface area contributed by atoms with Crippen LogP contribution in [0.25, 0.3) is 0 Å². The molecule has 0 atom stereocenters. The highest BCUT2D eigenvalue weighted by Gasteiger charge is 2.17. The van der Waals surface area contributed by atoms with Crippen molar-refractivity contribution in [3.05, 3.63) is 58.6 Å². The first-order valence-electron chi connectivity index (χ1n) is 6.40. The summed E-state index contributed by atoms with van der Waals surface area (Å²) in [7, 11) is 1.41. The van der Waals surface area contributed by atoms with Crippen LogP contribution in [0.4, 0.5) is 11.4 Å². The fourth-order valence-corrected chi connectivity index (χ4v) is 1.75. The standard InChI is InChI=1S/C15H14N2O5/c1-21-12-7-8-13(14(9-12)17(19)20)16-15(18)10-22-11-5-3-2-4-6-11/h2-9H,10H2,1H3,(H,16,18). The van der Waals surface area contributed by atoms with Crippen molar-refractivity contribution in [3.8, 4) is 11.5 Å². The van der Waals surface area contributed by atoms with Gasteiger partial charge < -0.3 is 14.8 Å². The maximum absolute atomic E-state index is 11.8. The number of nitrogens with zero attached hydrogens (tertiary/aromatic N) is 1. The predicted octanol–water partition coefficient (Wildman–Crippen LogP) is 2.62. The Labute approximate surface area is 126 Å². The van der Waals surface area contributed by atoms with Crippen LogP contribution in [0.3, 0.4) is 0 Å². The second-order valence-corrected chi connectivity index (χ2v) is 4.29. The van der Waals surface area contributed by atoms with Crippen LogP contribution in [-0.2, 0) is 4.79 Å². The van der Waals surface area contributed by atoms with Crippen LogP contribution < -0.4 is 14.8 Å².